The molecule has 0 saturated heterocycles. The Kier molecular flexibility index (Phi) is 6.44. The summed E-state index contributed by atoms with van der Waals surface area (Å²) in [6.45, 7) is 3.05. The number of hydrogen-bond acceptors (Lipinski definition) is 4. The number of para-hydroxylation sites is 1. The Hall–Kier alpha value is -3.35. The number of nitro benzene ring substituents is 1. The molecular formula is C24H20Cl2N4O2. The van der Waals surface area contributed by atoms with Gasteiger partial charge in [0.25, 0.3) is 5.69 Å². The summed E-state index contributed by atoms with van der Waals surface area (Å²) in [4.78, 5) is 10.5. The fourth-order valence-electron chi connectivity index (χ4n) is 3.67. The smallest absolute Gasteiger partial charge is 0.269 e. The summed E-state index contributed by atoms with van der Waals surface area (Å²) in [5, 5.41) is 17.6. The van der Waals surface area contributed by atoms with E-state index in [4.69, 9.17) is 23.2 Å². The van der Waals surface area contributed by atoms with Crippen LogP contribution in [0.15, 0.2) is 71.8 Å². The summed E-state index contributed by atoms with van der Waals surface area (Å²) in [6.07, 6.45) is 1.80. The number of nitrogens with zero attached hydrogens (tertiary/aromatic N) is 3. The van der Waals surface area contributed by atoms with Gasteiger partial charge < -0.3 is 9.99 Å². The molecule has 8 heteroatoms. The fraction of sp³-hybridized carbons (Fsp3) is 0.125. The Balaban J connectivity index is 1.59. The molecule has 1 N–H and O–H groups in total. The highest BCUT2D eigenvalue weighted by atomic mass is 35.5. The summed E-state index contributed by atoms with van der Waals surface area (Å²) in [5.41, 5.74) is 8.00. The standard InChI is InChI=1S/C24H20Cl2N4O2/c1-16-20(13-27-28-14-21-22(25)6-4-7-23(21)26)19-5-2-3-8-24(19)29(16)15-17-9-11-18(12-10-17)30(31)32/h2-13,28H,14-15H2,1H3/b27-13+. The van der Waals surface area contributed by atoms with E-state index in [0.717, 1.165) is 33.3 Å². The van der Waals surface area contributed by atoms with Crippen LogP contribution in [-0.4, -0.2) is 15.7 Å². The van der Waals surface area contributed by atoms with E-state index in [1.165, 1.54) is 12.1 Å². The van der Waals surface area contributed by atoms with E-state index >= 15 is 0 Å². The number of benzene rings is 3. The van der Waals surface area contributed by atoms with Crippen LogP contribution in [0, 0.1) is 17.0 Å². The monoisotopic (exact) mass is 466 g/mol. The molecule has 0 fully saturated rings. The highest BCUT2D eigenvalue weighted by Crippen LogP contribution is 2.26. The third-order valence-electron chi connectivity index (χ3n) is 5.37. The predicted molar refractivity (Wildman–Crippen MR) is 130 cm³/mol. The maximum Gasteiger partial charge on any atom is 0.269 e. The van der Waals surface area contributed by atoms with E-state index in [1.807, 2.05) is 19.1 Å². The minimum atomic E-state index is -0.391. The molecule has 4 aromatic rings. The van der Waals surface area contributed by atoms with Gasteiger partial charge in [0.15, 0.2) is 0 Å². The first-order valence-electron chi connectivity index (χ1n) is 9.95. The van der Waals surface area contributed by atoms with Crippen LogP contribution in [-0.2, 0) is 13.1 Å². The van der Waals surface area contributed by atoms with E-state index in [1.54, 1.807) is 36.5 Å². The van der Waals surface area contributed by atoms with Gasteiger partial charge in [0.05, 0.1) is 17.7 Å². The number of rotatable bonds is 7. The molecule has 0 saturated carbocycles. The summed E-state index contributed by atoms with van der Waals surface area (Å²) in [6, 6.07) is 20.1. The Morgan fingerprint density at radius 2 is 1.72 bits per heavy atom. The van der Waals surface area contributed by atoms with Gasteiger partial charge in [0.1, 0.15) is 0 Å². The topological polar surface area (TPSA) is 72.5 Å². The number of nitrogens with one attached hydrogen (secondary N) is 1. The molecule has 0 spiro atoms. The van der Waals surface area contributed by atoms with Crippen molar-refractivity contribution in [1.29, 1.82) is 0 Å². The van der Waals surface area contributed by atoms with Gasteiger partial charge in [-0.05, 0) is 30.7 Å². The van der Waals surface area contributed by atoms with Gasteiger partial charge in [0.2, 0.25) is 0 Å². The minimum Gasteiger partial charge on any atom is -0.340 e. The Labute approximate surface area is 195 Å². The highest BCUT2D eigenvalue weighted by molar-refractivity contribution is 6.35. The zero-order valence-corrected chi connectivity index (χ0v) is 18.8. The summed E-state index contributed by atoms with van der Waals surface area (Å²) >= 11 is 12.4. The molecule has 0 unspecified atom stereocenters. The molecular weight excluding hydrogens is 447 g/mol. The third-order valence-corrected chi connectivity index (χ3v) is 6.08. The molecule has 0 atom stereocenters. The van der Waals surface area contributed by atoms with E-state index in [-0.39, 0.29) is 5.69 Å². The number of hydrazone groups is 1. The van der Waals surface area contributed by atoms with Crippen LogP contribution in [0.3, 0.4) is 0 Å². The normalized spacial score (nSPS) is 11.3. The first kappa shape index (κ1) is 21.9. The fourth-order valence-corrected chi connectivity index (χ4v) is 4.20. The number of non-ortho nitro benzene ring substituents is 1. The van der Waals surface area contributed by atoms with Gasteiger partial charge in [-0.15, -0.1) is 0 Å². The molecule has 32 heavy (non-hydrogen) atoms. The summed E-state index contributed by atoms with van der Waals surface area (Å²) < 4.78 is 2.18. The SMILES string of the molecule is Cc1c(/C=N/NCc2c(Cl)cccc2Cl)c2ccccc2n1Cc1ccc([N+](=O)[O-])cc1. The molecule has 0 aliphatic carbocycles. The second-order valence-electron chi connectivity index (χ2n) is 7.32. The van der Waals surface area contributed by atoms with Crippen molar-refractivity contribution in [3.63, 3.8) is 0 Å². The zero-order chi connectivity index (χ0) is 22.7. The number of halogens is 2. The van der Waals surface area contributed by atoms with E-state index in [2.05, 4.69) is 27.2 Å². The zero-order valence-electron chi connectivity index (χ0n) is 17.3. The van der Waals surface area contributed by atoms with Crippen molar-refractivity contribution in [2.45, 2.75) is 20.0 Å². The van der Waals surface area contributed by atoms with Gasteiger partial charge >= 0.3 is 0 Å². The predicted octanol–water partition coefficient (Wildman–Crippen LogP) is 6.34. The highest BCUT2D eigenvalue weighted by Gasteiger charge is 2.13. The summed E-state index contributed by atoms with van der Waals surface area (Å²) in [7, 11) is 0. The second-order valence-corrected chi connectivity index (χ2v) is 8.13. The van der Waals surface area contributed by atoms with E-state index in [0.29, 0.717) is 23.1 Å². The van der Waals surface area contributed by atoms with Crippen molar-refractivity contribution in [2.75, 3.05) is 0 Å². The van der Waals surface area contributed by atoms with Crippen LogP contribution in [0.5, 0.6) is 0 Å². The van der Waals surface area contributed by atoms with Crippen molar-refractivity contribution in [2.24, 2.45) is 5.10 Å². The van der Waals surface area contributed by atoms with Crippen LogP contribution in [0.2, 0.25) is 10.0 Å². The van der Waals surface area contributed by atoms with Crippen molar-refractivity contribution in [3.05, 3.63) is 109 Å². The minimum absolute atomic E-state index is 0.0837. The molecule has 1 heterocycles. The van der Waals surface area contributed by atoms with Crippen molar-refractivity contribution >= 4 is 46.0 Å². The lowest BCUT2D eigenvalue weighted by atomic mass is 10.1. The van der Waals surface area contributed by atoms with E-state index < -0.39 is 4.92 Å². The maximum atomic E-state index is 10.9. The lowest BCUT2D eigenvalue weighted by Crippen LogP contribution is -2.07. The average molecular weight is 467 g/mol. The summed E-state index contributed by atoms with van der Waals surface area (Å²) in [5.74, 6) is 0. The van der Waals surface area contributed by atoms with Crippen LogP contribution in [0.1, 0.15) is 22.4 Å². The van der Waals surface area contributed by atoms with Crippen molar-refractivity contribution in [1.82, 2.24) is 9.99 Å². The Morgan fingerprint density at radius 1 is 1.03 bits per heavy atom. The van der Waals surface area contributed by atoms with Gasteiger partial charge in [0, 0.05) is 56.4 Å². The van der Waals surface area contributed by atoms with E-state index in [9.17, 15) is 10.1 Å². The van der Waals surface area contributed by atoms with Gasteiger partial charge in [-0.25, -0.2) is 0 Å². The molecule has 3 aromatic carbocycles. The maximum absolute atomic E-state index is 10.9. The van der Waals surface area contributed by atoms with Crippen molar-refractivity contribution in [3.8, 4) is 0 Å². The molecule has 162 valence electrons. The Bertz CT molecular complexity index is 1290. The first-order chi connectivity index (χ1) is 15.5. The van der Waals surface area contributed by atoms with Gasteiger partial charge in [-0.3, -0.25) is 10.1 Å². The quantitative estimate of drug-likeness (QED) is 0.196. The molecule has 0 radical (unpaired) electrons. The van der Waals surface area contributed by atoms with Crippen LogP contribution in [0.4, 0.5) is 5.69 Å². The van der Waals surface area contributed by atoms with Crippen LogP contribution < -0.4 is 5.43 Å². The first-order valence-corrected chi connectivity index (χ1v) is 10.7. The largest absolute Gasteiger partial charge is 0.340 e. The number of hydrogen-bond donors (Lipinski definition) is 1. The van der Waals surface area contributed by atoms with Gasteiger partial charge in [-0.1, -0.05) is 59.6 Å². The lowest BCUT2D eigenvalue weighted by Gasteiger charge is -2.09. The number of aromatic nitrogens is 1. The molecule has 1 aromatic heterocycles. The second kappa shape index (κ2) is 9.42. The number of nitro groups is 1. The van der Waals surface area contributed by atoms with Crippen LogP contribution in [0.25, 0.3) is 10.9 Å². The number of fused-ring (bicyclic) bond motifs is 1. The van der Waals surface area contributed by atoms with Crippen LogP contribution >= 0.6 is 23.2 Å². The van der Waals surface area contributed by atoms with Crippen molar-refractivity contribution < 1.29 is 4.92 Å². The van der Waals surface area contributed by atoms with Gasteiger partial charge in [-0.2, -0.15) is 5.10 Å². The third kappa shape index (κ3) is 4.47. The average Bonchev–Trinajstić information content (AvgIpc) is 3.04. The molecule has 0 aliphatic heterocycles. The lowest BCUT2D eigenvalue weighted by molar-refractivity contribution is -0.384. The molecule has 0 aliphatic rings. The Morgan fingerprint density at radius 3 is 2.41 bits per heavy atom. The molecule has 0 amide bonds. The molecule has 4 rings (SSSR count). The molecule has 6 nitrogen and oxygen atoms in total. The molecule has 0 bridgehead atoms.